The minimum Gasteiger partial charge on any atom is -0.497 e. The molecular formula is C24H19BrN2O3. The molecule has 0 atom stereocenters. The number of rotatable bonds is 6. The Morgan fingerprint density at radius 3 is 2.50 bits per heavy atom. The van der Waals surface area contributed by atoms with E-state index in [1.54, 1.807) is 19.4 Å². The molecule has 0 fully saturated rings. The van der Waals surface area contributed by atoms with Crippen LogP contribution < -0.4 is 10.1 Å². The van der Waals surface area contributed by atoms with Crippen LogP contribution in [0.15, 0.2) is 87.9 Å². The van der Waals surface area contributed by atoms with Crippen LogP contribution in [0.1, 0.15) is 15.9 Å². The second-order valence-corrected chi connectivity index (χ2v) is 7.53. The fourth-order valence-corrected chi connectivity index (χ4v) is 3.30. The fraction of sp³-hybridized carbons (Fsp3) is 0.0833. The van der Waals surface area contributed by atoms with Gasteiger partial charge < -0.3 is 14.5 Å². The maximum Gasteiger partial charge on any atom is 0.252 e. The molecule has 3 aromatic carbocycles. The van der Waals surface area contributed by atoms with Gasteiger partial charge in [-0.2, -0.15) is 0 Å². The van der Waals surface area contributed by atoms with E-state index in [1.165, 1.54) is 0 Å². The highest BCUT2D eigenvalue weighted by Crippen LogP contribution is 2.29. The summed E-state index contributed by atoms with van der Waals surface area (Å²) in [6, 6.07) is 22.6. The average molecular weight is 463 g/mol. The number of hydrogen-bond donors (Lipinski definition) is 1. The lowest BCUT2D eigenvalue weighted by molar-refractivity contribution is 0.0951. The predicted octanol–water partition coefficient (Wildman–Crippen LogP) is 5.71. The summed E-state index contributed by atoms with van der Waals surface area (Å²) < 4.78 is 12.1. The van der Waals surface area contributed by atoms with Gasteiger partial charge in [-0.3, -0.25) is 4.79 Å². The highest BCUT2D eigenvalue weighted by Gasteiger charge is 2.17. The highest BCUT2D eigenvalue weighted by molar-refractivity contribution is 9.10. The molecule has 1 amide bonds. The zero-order valence-corrected chi connectivity index (χ0v) is 17.8. The van der Waals surface area contributed by atoms with Crippen molar-refractivity contribution in [3.63, 3.8) is 0 Å². The van der Waals surface area contributed by atoms with Crippen molar-refractivity contribution < 1.29 is 13.9 Å². The molecule has 1 heterocycles. The monoisotopic (exact) mass is 462 g/mol. The zero-order chi connectivity index (χ0) is 20.9. The number of oxazole rings is 1. The van der Waals surface area contributed by atoms with Crippen LogP contribution in [0, 0.1) is 0 Å². The normalized spacial score (nSPS) is 10.6. The second-order valence-electron chi connectivity index (χ2n) is 6.61. The van der Waals surface area contributed by atoms with Crippen molar-refractivity contribution >= 4 is 21.8 Å². The number of carbonyl (C=O) groups is 1. The van der Waals surface area contributed by atoms with Gasteiger partial charge in [-0.25, -0.2) is 4.98 Å². The zero-order valence-electron chi connectivity index (χ0n) is 16.3. The molecule has 0 aliphatic carbocycles. The molecule has 150 valence electrons. The van der Waals surface area contributed by atoms with Crippen LogP contribution >= 0.6 is 15.9 Å². The van der Waals surface area contributed by atoms with Gasteiger partial charge in [0.25, 0.3) is 5.91 Å². The summed E-state index contributed by atoms with van der Waals surface area (Å²) in [5.41, 5.74) is 3.05. The summed E-state index contributed by atoms with van der Waals surface area (Å²) in [4.78, 5) is 17.2. The van der Waals surface area contributed by atoms with Gasteiger partial charge in [0.05, 0.1) is 18.9 Å². The van der Waals surface area contributed by atoms with Crippen molar-refractivity contribution in [2.24, 2.45) is 0 Å². The minimum atomic E-state index is -0.190. The SMILES string of the molecule is COc1ccc(CNC(=O)c2ccccc2-c2ncc(-c3ccc(Br)cc3)o2)cc1. The molecule has 0 bridgehead atoms. The lowest BCUT2D eigenvalue weighted by Crippen LogP contribution is -2.23. The van der Waals surface area contributed by atoms with Crippen LogP contribution in [0.3, 0.4) is 0 Å². The first-order valence-corrected chi connectivity index (χ1v) is 10.2. The van der Waals surface area contributed by atoms with Crippen LogP contribution in [0.4, 0.5) is 0 Å². The van der Waals surface area contributed by atoms with Crippen molar-refractivity contribution in [1.29, 1.82) is 0 Å². The Kier molecular flexibility index (Phi) is 5.95. The van der Waals surface area contributed by atoms with E-state index in [4.69, 9.17) is 9.15 Å². The maximum absolute atomic E-state index is 12.8. The number of hydrogen-bond acceptors (Lipinski definition) is 4. The van der Waals surface area contributed by atoms with Crippen molar-refractivity contribution in [3.8, 4) is 28.5 Å². The molecule has 0 saturated heterocycles. The summed E-state index contributed by atoms with van der Waals surface area (Å²) in [6.45, 7) is 0.410. The van der Waals surface area contributed by atoms with Gasteiger partial charge in [-0.05, 0) is 42.0 Å². The van der Waals surface area contributed by atoms with Gasteiger partial charge >= 0.3 is 0 Å². The molecule has 0 aliphatic rings. The summed E-state index contributed by atoms with van der Waals surface area (Å²) in [7, 11) is 1.62. The number of aromatic nitrogens is 1. The Hall–Kier alpha value is -3.38. The summed E-state index contributed by atoms with van der Waals surface area (Å²) in [6.07, 6.45) is 1.67. The lowest BCUT2D eigenvalue weighted by atomic mass is 10.1. The van der Waals surface area contributed by atoms with Gasteiger partial charge in [0.15, 0.2) is 5.76 Å². The topological polar surface area (TPSA) is 64.4 Å². The van der Waals surface area contributed by atoms with Gasteiger partial charge in [0.1, 0.15) is 5.75 Å². The van der Waals surface area contributed by atoms with E-state index in [9.17, 15) is 4.79 Å². The van der Waals surface area contributed by atoms with Crippen molar-refractivity contribution in [1.82, 2.24) is 10.3 Å². The number of amides is 1. The number of halogens is 1. The Bertz CT molecular complexity index is 1150. The largest absolute Gasteiger partial charge is 0.497 e. The third kappa shape index (κ3) is 4.44. The number of methoxy groups -OCH3 is 1. The molecule has 0 unspecified atom stereocenters. The number of carbonyl (C=O) groups excluding carboxylic acids is 1. The first-order valence-electron chi connectivity index (χ1n) is 9.36. The van der Waals surface area contributed by atoms with E-state index < -0.39 is 0 Å². The second kappa shape index (κ2) is 8.97. The van der Waals surface area contributed by atoms with E-state index >= 15 is 0 Å². The summed E-state index contributed by atoms with van der Waals surface area (Å²) in [5, 5.41) is 2.95. The quantitative estimate of drug-likeness (QED) is 0.398. The molecule has 1 N–H and O–H groups in total. The van der Waals surface area contributed by atoms with Crippen molar-refractivity contribution in [2.45, 2.75) is 6.54 Å². The van der Waals surface area contributed by atoms with Gasteiger partial charge in [0, 0.05) is 22.1 Å². The molecule has 5 nitrogen and oxygen atoms in total. The van der Waals surface area contributed by atoms with Gasteiger partial charge in [0.2, 0.25) is 5.89 Å². The number of nitrogens with zero attached hydrogens (tertiary/aromatic N) is 1. The summed E-state index contributed by atoms with van der Waals surface area (Å²) in [5.74, 6) is 1.64. The molecule has 30 heavy (non-hydrogen) atoms. The molecule has 4 rings (SSSR count). The third-order valence-electron chi connectivity index (χ3n) is 4.65. The predicted molar refractivity (Wildman–Crippen MR) is 119 cm³/mol. The molecule has 0 aliphatic heterocycles. The Morgan fingerprint density at radius 2 is 1.77 bits per heavy atom. The first kappa shape index (κ1) is 19.9. The smallest absolute Gasteiger partial charge is 0.252 e. The van der Waals surface area contributed by atoms with Gasteiger partial charge in [-0.15, -0.1) is 0 Å². The minimum absolute atomic E-state index is 0.190. The van der Waals surface area contributed by atoms with E-state index in [0.717, 1.165) is 21.3 Å². The Labute approximate surface area is 182 Å². The average Bonchev–Trinajstić information content (AvgIpc) is 3.28. The molecule has 0 saturated carbocycles. The standard InChI is InChI=1S/C24H19BrN2O3/c1-29-19-12-6-16(7-13-19)14-26-23(28)20-4-2-3-5-21(20)24-27-15-22(30-24)17-8-10-18(25)11-9-17/h2-13,15H,14H2,1H3,(H,26,28). The van der Waals surface area contributed by atoms with E-state index in [-0.39, 0.29) is 5.91 Å². The van der Waals surface area contributed by atoms with Crippen LogP contribution in [-0.2, 0) is 6.54 Å². The fourth-order valence-electron chi connectivity index (χ4n) is 3.03. The lowest BCUT2D eigenvalue weighted by Gasteiger charge is -2.09. The van der Waals surface area contributed by atoms with Crippen LogP contribution in [0.5, 0.6) is 5.75 Å². The number of benzene rings is 3. The van der Waals surface area contributed by atoms with Gasteiger partial charge in [-0.1, -0.05) is 52.3 Å². The number of nitrogens with one attached hydrogen (secondary N) is 1. The van der Waals surface area contributed by atoms with Crippen LogP contribution in [-0.4, -0.2) is 18.0 Å². The molecule has 6 heteroatoms. The number of ether oxygens (including phenoxy) is 1. The Balaban J connectivity index is 1.53. The maximum atomic E-state index is 12.8. The third-order valence-corrected chi connectivity index (χ3v) is 5.18. The molecule has 0 radical (unpaired) electrons. The first-order chi connectivity index (χ1) is 14.6. The van der Waals surface area contributed by atoms with E-state index in [1.807, 2.05) is 66.7 Å². The van der Waals surface area contributed by atoms with Crippen LogP contribution in [0.25, 0.3) is 22.8 Å². The molecule has 4 aromatic rings. The molecular weight excluding hydrogens is 444 g/mol. The van der Waals surface area contributed by atoms with E-state index in [2.05, 4.69) is 26.2 Å². The van der Waals surface area contributed by atoms with Crippen molar-refractivity contribution in [2.75, 3.05) is 7.11 Å². The highest BCUT2D eigenvalue weighted by atomic mass is 79.9. The Morgan fingerprint density at radius 1 is 1.03 bits per heavy atom. The molecule has 1 aromatic heterocycles. The van der Waals surface area contributed by atoms with Crippen LogP contribution in [0.2, 0.25) is 0 Å². The molecule has 0 spiro atoms. The summed E-state index contributed by atoms with van der Waals surface area (Å²) >= 11 is 3.43. The van der Waals surface area contributed by atoms with E-state index in [0.29, 0.717) is 29.3 Å². The van der Waals surface area contributed by atoms with Crippen molar-refractivity contribution in [3.05, 3.63) is 94.6 Å².